The Kier molecular flexibility index (Phi) is 38.6. The minimum absolute atomic E-state index is 0.0465. The Balaban J connectivity index is 3.93. The van der Waals surface area contributed by atoms with Crippen LogP contribution in [0.4, 0.5) is 0 Å². The van der Waals surface area contributed by atoms with Crippen LogP contribution in [0.1, 0.15) is 240 Å². The molecule has 0 saturated carbocycles. The molecule has 0 aromatic rings. The fraction of sp³-hybridized carbons (Fsp3) is 0.714. The smallest absolute Gasteiger partial charge is 0.139 e. The maximum absolute atomic E-state index is 12.7. The lowest BCUT2D eigenvalue weighted by Gasteiger charge is -2.10. The van der Waals surface area contributed by atoms with Crippen molar-refractivity contribution in [2.45, 2.75) is 240 Å². The summed E-state index contributed by atoms with van der Waals surface area (Å²) in [7, 11) is 0. The summed E-state index contributed by atoms with van der Waals surface area (Å²) < 4.78 is 0. The van der Waals surface area contributed by atoms with Crippen molar-refractivity contribution in [3.05, 3.63) is 37.0 Å². The van der Waals surface area contributed by atoms with E-state index in [9.17, 15) is 47.9 Å². The highest BCUT2D eigenvalue weighted by Crippen LogP contribution is 2.17. The van der Waals surface area contributed by atoms with Crippen molar-refractivity contribution in [1.82, 2.24) is 0 Å². The van der Waals surface area contributed by atoms with Crippen LogP contribution in [0.15, 0.2) is 37.0 Å². The van der Waals surface area contributed by atoms with E-state index in [1.165, 1.54) is 0 Å². The average molecular weight is 921 g/mol. The molecule has 0 aliphatic rings. The fourth-order valence-corrected chi connectivity index (χ4v) is 7.47. The van der Waals surface area contributed by atoms with Crippen molar-refractivity contribution in [1.29, 1.82) is 0 Å². The molecule has 0 aromatic heterocycles. The average Bonchev–Trinajstić information content (AvgIpc) is 3.25. The summed E-state index contributed by atoms with van der Waals surface area (Å²) in [6.07, 6.45) is 25.4. The molecule has 1 atom stereocenters. The molecular formula is C56H88O10. The maximum atomic E-state index is 12.7. The Morgan fingerprint density at radius 1 is 0.318 bits per heavy atom. The molecule has 0 spiro atoms. The second-order valence-corrected chi connectivity index (χ2v) is 19.2. The topological polar surface area (TPSA) is 171 Å². The Labute approximate surface area is 398 Å². The van der Waals surface area contributed by atoms with Crippen LogP contribution in [0.5, 0.6) is 0 Å². The van der Waals surface area contributed by atoms with Gasteiger partial charge in [0.05, 0.1) is 0 Å². The molecule has 372 valence electrons. The number of ketones is 10. The van der Waals surface area contributed by atoms with Crippen molar-refractivity contribution in [2.75, 3.05) is 0 Å². The van der Waals surface area contributed by atoms with Gasteiger partial charge < -0.3 is 0 Å². The van der Waals surface area contributed by atoms with Gasteiger partial charge in [0.2, 0.25) is 0 Å². The van der Waals surface area contributed by atoms with Gasteiger partial charge in [-0.05, 0) is 102 Å². The first-order valence-corrected chi connectivity index (χ1v) is 25.6. The summed E-state index contributed by atoms with van der Waals surface area (Å²) in [6, 6.07) is 0. The van der Waals surface area contributed by atoms with Gasteiger partial charge in [-0.1, -0.05) is 58.1 Å². The van der Waals surface area contributed by atoms with Crippen molar-refractivity contribution in [2.24, 2.45) is 17.8 Å². The lowest BCUT2D eigenvalue weighted by atomic mass is 9.94. The van der Waals surface area contributed by atoms with Gasteiger partial charge in [0, 0.05) is 128 Å². The van der Waals surface area contributed by atoms with Crippen LogP contribution in [-0.4, -0.2) is 57.8 Å². The monoisotopic (exact) mass is 921 g/mol. The SMILES string of the molecule is C=CC(CC/C=C\CC/C=C/CC(=O)CCCC(=O)CCCC(=O)CCCC(=O)CCCC(=O)CCC(C)C)C(=O)CCCC(=O)CCCC(=O)CCCC(=O)CCCC(=O)CCC(C)C. The quantitative estimate of drug-likeness (QED) is 0.0422. The largest absolute Gasteiger partial charge is 0.300 e. The van der Waals surface area contributed by atoms with Gasteiger partial charge in [-0.25, -0.2) is 0 Å². The Bertz CT molecular complexity index is 1560. The van der Waals surface area contributed by atoms with E-state index in [2.05, 4.69) is 40.3 Å². The third-order valence-corrected chi connectivity index (χ3v) is 11.8. The molecule has 0 rings (SSSR count). The van der Waals surface area contributed by atoms with E-state index in [0.717, 1.165) is 32.1 Å². The first-order chi connectivity index (χ1) is 31.5. The number of carbonyl (C=O) groups excluding carboxylic acids is 10. The summed E-state index contributed by atoms with van der Waals surface area (Å²) in [5.41, 5.74) is 0. The number of rotatable bonds is 48. The Morgan fingerprint density at radius 3 is 0.879 bits per heavy atom. The van der Waals surface area contributed by atoms with Gasteiger partial charge >= 0.3 is 0 Å². The van der Waals surface area contributed by atoms with E-state index < -0.39 is 0 Å². The number of Topliss-reactive ketones (excluding diaryl/α,β-unsaturated/α-hetero) is 10. The molecule has 0 radical (unpaired) electrons. The Morgan fingerprint density at radius 2 is 0.576 bits per heavy atom. The van der Waals surface area contributed by atoms with Crippen LogP contribution >= 0.6 is 0 Å². The van der Waals surface area contributed by atoms with Crippen molar-refractivity contribution in [3.63, 3.8) is 0 Å². The number of hydrogen-bond donors (Lipinski definition) is 0. The van der Waals surface area contributed by atoms with Crippen molar-refractivity contribution >= 4 is 57.8 Å². The molecule has 0 amide bonds. The molecule has 66 heavy (non-hydrogen) atoms. The maximum Gasteiger partial charge on any atom is 0.139 e. The lowest BCUT2D eigenvalue weighted by molar-refractivity contribution is -0.124. The number of unbranched alkanes of at least 4 members (excludes halogenated alkanes) is 1. The third-order valence-electron chi connectivity index (χ3n) is 11.8. The van der Waals surface area contributed by atoms with E-state index in [0.29, 0.717) is 192 Å². The zero-order chi connectivity index (χ0) is 49.4. The highest BCUT2D eigenvalue weighted by Gasteiger charge is 2.16. The molecular weight excluding hydrogens is 833 g/mol. The molecule has 0 aliphatic carbocycles. The minimum Gasteiger partial charge on any atom is -0.300 e. The van der Waals surface area contributed by atoms with Gasteiger partial charge in [-0.15, -0.1) is 6.58 Å². The van der Waals surface area contributed by atoms with E-state index in [1.54, 1.807) is 6.08 Å². The molecule has 0 saturated heterocycles. The normalized spacial score (nSPS) is 12.0. The highest BCUT2D eigenvalue weighted by atomic mass is 16.2. The number of allylic oxidation sites excluding steroid dienone is 5. The second-order valence-electron chi connectivity index (χ2n) is 19.2. The van der Waals surface area contributed by atoms with E-state index in [4.69, 9.17) is 0 Å². The standard InChI is InChI=1S/C56H88O10/c1-6-46(56(66)39-21-38-53(63)33-18-32-50(60)29-17-31-52(62)35-20-37-55(65)43-41-45(4)5)22-12-10-8-7-9-11-13-23-47(57)24-14-25-48(58)26-15-27-49(59)28-16-30-51(61)34-19-36-54(64)42-40-44(2)3/h6,8,10-11,13,44-46H,1,7,9,12,14-43H2,2-5H3/b10-8-,13-11+. The van der Waals surface area contributed by atoms with Crippen molar-refractivity contribution in [3.8, 4) is 0 Å². The fourth-order valence-electron chi connectivity index (χ4n) is 7.47. The van der Waals surface area contributed by atoms with Gasteiger partial charge in [0.15, 0.2) is 0 Å². The van der Waals surface area contributed by atoms with Gasteiger partial charge in [0.1, 0.15) is 57.8 Å². The van der Waals surface area contributed by atoms with Gasteiger partial charge in [0.25, 0.3) is 0 Å². The van der Waals surface area contributed by atoms with Crippen LogP contribution in [0, 0.1) is 17.8 Å². The summed E-state index contributed by atoms with van der Waals surface area (Å²) in [5.74, 6) is 1.67. The van der Waals surface area contributed by atoms with Crippen LogP contribution in [0.3, 0.4) is 0 Å². The van der Waals surface area contributed by atoms with E-state index in [1.807, 2.05) is 18.2 Å². The lowest BCUT2D eigenvalue weighted by Crippen LogP contribution is -2.12. The predicted molar refractivity (Wildman–Crippen MR) is 264 cm³/mol. The first kappa shape index (κ1) is 61.9. The highest BCUT2D eigenvalue weighted by molar-refractivity contribution is 5.86. The molecule has 0 aromatic carbocycles. The van der Waals surface area contributed by atoms with Crippen LogP contribution in [0.25, 0.3) is 0 Å². The summed E-state index contributed by atoms with van der Waals surface area (Å²) >= 11 is 0. The molecule has 0 heterocycles. The van der Waals surface area contributed by atoms with Gasteiger partial charge in [-0.3, -0.25) is 47.9 Å². The molecule has 0 fully saturated rings. The second kappa shape index (κ2) is 41.1. The van der Waals surface area contributed by atoms with Gasteiger partial charge in [-0.2, -0.15) is 0 Å². The van der Waals surface area contributed by atoms with Crippen LogP contribution in [-0.2, 0) is 47.9 Å². The Hall–Kier alpha value is -4.08. The predicted octanol–water partition coefficient (Wildman–Crippen LogP) is 12.8. The number of hydrogen-bond acceptors (Lipinski definition) is 10. The third kappa shape index (κ3) is 40.2. The first-order valence-electron chi connectivity index (χ1n) is 25.6. The van der Waals surface area contributed by atoms with E-state index >= 15 is 0 Å². The molecule has 10 nitrogen and oxygen atoms in total. The van der Waals surface area contributed by atoms with Crippen molar-refractivity contribution < 1.29 is 47.9 Å². The molecule has 10 heteroatoms. The van der Waals surface area contributed by atoms with Crippen LogP contribution < -0.4 is 0 Å². The van der Waals surface area contributed by atoms with E-state index in [-0.39, 0.29) is 63.8 Å². The zero-order valence-corrected chi connectivity index (χ0v) is 41.7. The summed E-state index contributed by atoms with van der Waals surface area (Å²) in [5, 5.41) is 0. The molecule has 0 aliphatic heterocycles. The molecule has 1 unspecified atom stereocenters. The minimum atomic E-state index is -0.267. The summed E-state index contributed by atoms with van der Waals surface area (Å²) in [6.45, 7) is 12.2. The molecule has 0 bridgehead atoms. The summed E-state index contributed by atoms with van der Waals surface area (Å²) in [4.78, 5) is 122. The number of carbonyl (C=O) groups is 10. The zero-order valence-electron chi connectivity index (χ0n) is 41.7. The molecule has 0 N–H and O–H groups in total. The van der Waals surface area contributed by atoms with Crippen LogP contribution in [0.2, 0.25) is 0 Å².